The van der Waals surface area contributed by atoms with Crippen LogP contribution >= 0.6 is 39.0 Å². The number of carbonyl (C=O) groups is 4. The predicted octanol–water partition coefficient (Wildman–Crippen LogP) is 2.84. The number of alkyl halides is 1. The van der Waals surface area contributed by atoms with E-state index in [4.69, 9.17) is 4.74 Å². The number of amides is 2. The second-order valence-corrected chi connectivity index (χ2v) is 12.2. The van der Waals surface area contributed by atoms with E-state index in [1.54, 1.807) is 4.90 Å². The lowest BCUT2D eigenvalue weighted by Gasteiger charge is -2.49. The van der Waals surface area contributed by atoms with Crippen LogP contribution in [0.2, 0.25) is 0 Å². The number of ether oxygens (including phenoxy) is 1. The molecule has 0 saturated carbocycles. The molecule has 1 fully saturated rings. The lowest BCUT2D eigenvalue weighted by molar-refractivity contribution is -0.154. The first kappa shape index (κ1) is 30.4. The first-order valence-electron chi connectivity index (χ1n) is 12.9. The number of hydrogen-bond donors (Lipinski definition) is 2. The second-order valence-electron chi connectivity index (χ2n) is 9.58. The Morgan fingerprint density at radius 3 is 2.28 bits per heavy atom. The van der Waals surface area contributed by atoms with Crippen LogP contribution in [0.3, 0.4) is 0 Å². The standard InChI is InChI=1S/C28H25BrN6O6S2/c1-34(2)28-32-31-24(43-28)17-14-42-26-20(30-23(37)19(33-40)18(36)13-29)25(38)35(26)21(17)27(39)41-22(15-9-5-3-6-10-15)16-11-7-4-8-12-16/h3-12,20,22,26,40H,13-14H2,1-2H3,(H,30,37)/t20?,26-/m0/s1. The number of aromatic nitrogens is 2. The van der Waals surface area contributed by atoms with Gasteiger partial charge in [-0.05, 0) is 11.1 Å². The highest BCUT2D eigenvalue weighted by Gasteiger charge is 2.55. The molecule has 2 aromatic carbocycles. The fraction of sp³-hybridized carbons (Fsp3) is 0.250. The Morgan fingerprint density at radius 2 is 1.74 bits per heavy atom. The number of carbonyl (C=O) groups excluding carboxylic acids is 4. The molecule has 1 aromatic heterocycles. The van der Waals surface area contributed by atoms with E-state index in [-0.39, 0.29) is 16.8 Å². The zero-order valence-corrected chi connectivity index (χ0v) is 26.1. The number of esters is 1. The monoisotopic (exact) mass is 684 g/mol. The number of anilines is 1. The van der Waals surface area contributed by atoms with E-state index in [1.807, 2.05) is 74.8 Å². The quantitative estimate of drug-likeness (QED) is 0.0620. The Bertz CT molecular complexity index is 1570. The number of ketones is 1. The van der Waals surface area contributed by atoms with Gasteiger partial charge in [0.05, 0.1) is 5.33 Å². The molecule has 3 aromatic rings. The number of oxime groups is 1. The van der Waals surface area contributed by atoms with E-state index in [9.17, 15) is 24.4 Å². The molecule has 0 aliphatic carbocycles. The number of β-lactam (4-membered cyclic amide) rings is 1. The Kier molecular flexibility index (Phi) is 9.22. The normalized spacial score (nSPS) is 18.2. The molecule has 43 heavy (non-hydrogen) atoms. The van der Waals surface area contributed by atoms with Gasteiger partial charge in [0, 0.05) is 25.4 Å². The summed E-state index contributed by atoms with van der Waals surface area (Å²) in [5.74, 6) is -2.84. The smallest absolute Gasteiger partial charge is 0.356 e. The van der Waals surface area contributed by atoms with Gasteiger partial charge in [-0.1, -0.05) is 93.1 Å². The fourth-order valence-corrected chi connectivity index (χ4v) is 7.05. The van der Waals surface area contributed by atoms with Crippen LogP contribution in [0.25, 0.3) is 5.57 Å². The van der Waals surface area contributed by atoms with E-state index >= 15 is 0 Å². The predicted molar refractivity (Wildman–Crippen MR) is 165 cm³/mol. The number of rotatable bonds is 10. The molecule has 0 bridgehead atoms. The molecule has 2 amide bonds. The maximum atomic E-state index is 14.1. The van der Waals surface area contributed by atoms with Crippen molar-refractivity contribution < 1.29 is 29.1 Å². The van der Waals surface area contributed by atoms with Gasteiger partial charge in [0.15, 0.2) is 6.10 Å². The van der Waals surface area contributed by atoms with Gasteiger partial charge in [-0.25, -0.2) is 4.79 Å². The summed E-state index contributed by atoms with van der Waals surface area (Å²) < 4.78 is 6.14. The highest BCUT2D eigenvalue weighted by Crippen LogP contribution is 2.45. The van der Waals surface area contributed by atoms with Crippen LogP contribution < -0.4 is 10.2 Å². The summed E-state index contributed by atoms with van der Waals surface area (Å²) in [6.45, 7) is 0. The van der Waals surface area contributed by atoms with Gasteiger partial charge in [0.25, 0.3) is 11.8 Å². The summed E-state index contributed by atoms with van der Waals surface area (Å²) in [7, 11) is 3.64. The Morgan fingerprint density at radius 1 is 1.12 bits per heavy atom. The largest absolute Gasteiger partial charge is 0.448 e. The van der Waals surface area contributed by atoms with Crippen molar-refractivity contribution in [2.24, 2.45) is 5.16 Å². The summed E-state index contributed by atoms with van der Waals surface area (Å²) in [5.41, 5.74) is 1.22. The van der Waals surface area contributed by atoms with Gasteiger partial charge in [0.1, 0.15) is 22.1 Å². The fourth-order valence-electron chi connectivity index (χ4n) is 4.54. The lowest BCUT2D eigenvalue weighted by atomic mass is 10.0. The number of benzene rings is 2. The number of nitrogens with zero attached hydrogens (tertiary/aromatic N) is 5. The molecule has 0 radical (unpaired) electrons. The molecule has 1 unspecified atom stereocenters. The molecule has 222 valence electrons. The van der Waals surface area contributed by atoms with Crippen LogP contribution in [-0.4, -0.2) is 86.2 Å². The lowest BCUT2D eigenvalue weighted by Crippen LogP contribution is -2.71. The highest BCUT2D eigenvalue weighted by atomic mass is 79.9. The molecular weight excluding hydrogens is 660 g/mol. The number of hydrogen-bond acceptors (Lipinski definition) is 12. The first-order valence-corrected chi connectivity index (χ1v) is 15.9. The molecule has 15 heteroatoms. The molecule has 1 saturated heterocycles. The minimum absolute atomic E-state index is 0.00477. The van der Waals surface area contributed by atoms with Gasteiger partial charge < -0.3 is 20.2 Å². The van der Waals surface area contributed by atoms with Crippen molar-refractivity contribution in [1.29, 1.82) is 0 Å². The third-order valence-electron chi connectivity index (χ3n) is 6.63. The van der Waals surface area contributed by atoms with Gasteiger partial charge in [-0.2, -0.15) is 0 Å². The SMILES string of the molecule is CN(C)c1nnc(C2=C(C(=O)OC(c3ccccc3)c3ccccc3)N3C(=O)C(NC(=O)C(=NO)C(=O)CBr)[C@@H]3SC2)s1. The van der Waals surface area contributed by atoms with Gasteiger partial charge in [-0.3, -0.25) is 19.3 Å². The van der Waals surface area contributed by atoms with Crippen molar-refractivity contribution in [2.75, 3.05) is 30.1 Å². The van der Waals surface area contributed by atoms with Crippen LogP contribution in [0.15, 0.2) is 71.5 Å². The van der Waals surface area contributed by atoms with Crippen molar-refractivity contribution in [3.63, 3.8) is 0 Å². The first-order chi connectivity index (χ1) is 20.7. The van der Waals surface area contributed by atoms with Crippen LogP contribution in [0.1, 0.15) is 22.2 Å². The number of thioether (sulfide) groups is 1. The average molecular weight is 686 g/mol. The van der Waals surface area contributed by atoms with Gasteiger partial charge in [-0.15, -0.1) is 22.0 Å². The molecule has 5 rings (SSSR count). The molecular formula is C28H25BrN6O6S2. The molecule has 2 N–H and O–H groups in total. The maximum Gasteiger partial charge on any atom is 0.356 e. The topological polar surface area (TPSA) is 154 Å². The Balaban J connectivity index is 1.50. The number of Topliss-reactive ketones (excluding diaryl/α,β-unsaturated/α-hetero) is 1. The Labute approximate surface area is 262 Å². The van der Waals surface area contributed by atoms with Crippen molar-refractivity contribution in [3.05, 3.63) is 82.5 Å². The van der Waals surface area contributed by atoms with Gasteiger partial charge in [0.2, 0.25) is 16.6 Å². The molecule has 0 spiro atoms. The number of fused-ring (bicyclic) bond motifs is 1. The number of nitrogens with one attached hydrogen (secondary N) is 1. The van der Waals surface area contributed by atoms with Crippen molar-refractivity contribution in [2.45, 2.75) is 17.5 Å². The zero-order valence-electron chi connectivity index (χ0n) is 22.8. The van der Waals surface area contributed by atoms with Crippen LogP contribution in [0, 0.1) is 0 Å². The summed E-state index contributed by atoms with van der Waals surface area (Å²) in [4.78, 5) is 55.4. The minimum Gasteiger partial charge on any atom is -0.448 e. The van der Waals surface area contributed by atoms with E-state index < -0.39 is 46.8 Å². The molecule has 3 heterocycles. The van der Waals surface area contributed by atoms with Gasteiger partial charge >= 0.3 is 5.97 Å². The van der Waals surface area contributed by atoms with E-state index in [0.29, 0.717) is 15.7 Å². The van der Waals surface area contributed by atoms with Crippen molar-refractivity contribution in [3.8, 4) is 0 Å². The number of halogens is 1. The van der Waals surface area contributed by atoms with E-state index in [0.717, 1.165) is 11.1 Å². The second kappa shape index (κ2) is 13.1. The third kappa shape index (κ3) is 6.05. The maximum absolute atomic E-state index is 14.1. The van der Waals surface area contributed by atoms with Crippen LogP contribution in [-0.2, 0) is 23.9 Å². The average Bonchev–Trinajstić information content (AvgIpc) is 3.53. The van der Waals surface area contributed by atoms with E-state index in [2.05, 4.69) is 36.6 Å². The molecule has 2 aliphatic rings. The summed E-state index contributed by atoms with van der Waals surface area (Å²) in [6, 6.07) is 17.4. The summed E-state index contributed by atoms with van der Waals surface area (Å²) in [6.07, 6.45) is -0.770. The molecule has 12 nitrogen and oxygen atoms in total. The third-order valence-corrected chi connectivity index (χ3v) is 9.57. The van der Waals surface area contributed by atoms with Crippen LogP contribution in [0.5, 0.6) is 0 Å². The highest BCUT2D eigenvalue weighted by molar-refractivity contribution is 9.09. The molecule has 2 aliphatic heterocycles. The van der Waals surface area contributed by atoms with Crippen molar-refractivity contribution in [1.82, 2.24) is 20.4 Å². The van der Waals surface area contributed by atoms with Crippen molar-refractivity contribution >= 4 is 79.0 Å². The summed E-state index contributed by atoms with van der Waals surface area (Å²) in [5, 5.41) is 23.1. The molecule has 2 atom stereocenters. The minimum atomic E-state index is -1.08. The zero-order chi connectivity index (χ0) is 30.7. The Hall–Kier alpha value is -4.08. The van der Waals surface area contributed by atoms with E-state index in [1.165, 1.54) is 28.0 Å². The van der Waals surface area contributed by atoms with Crippen LogP contribution in [0.4, 0.5) is 5.13 Å². The summed E-state index contributed by atoms with van der Waals surface area (Å²) >= 11 is 5.51.